The summed E-state index contributed by atoms with van der Waals surface area (Å²) in [5.41, 5.74) is 0. The molecule has 1 fully saturated rings. The molecule has 0 bridgehead atoms. The van der Waals surface area contributed by atoms with Crippen molar-refractivity contribution in [2.45, 2.75) is 123 Å². The molecular weight excluding hydrogens is 412 g/mol. The van der Waals surface area contributed by atoms with Gasteiger partial charge in [0.15, 0.2) is 22.9 Å². The molecule has 0 aromatic carbocycles. The molecule has 1 rings (SSSR count). The van der Waals surface area contributed by atoms with Gasteiger partial charge < -0.3 is 23.4 Å². The second kappa shape index (κ2) is 10.0. The molecule has 1 aliphatic heterocycles. The van der Waals surface area contributed by atoms with Gasteiger partial charge in [-0.15, -0.1) is 0 Å². The molecule has 0 spiro atoms. The number of ether oxygens (including phenoxy) is 2. The Kier molecular flexibility index (Phi) is 9.44. The van der Waals surface area contributed by atoms with Gasteiger partial charge in [-0.25, -0.2) is 0 Å². The third kappa shape index (κ3) is 6.62. The summed E-state index contributed by atoms with van der Waals surface area (Å²) in [5.74, 6) is 0.335. The first-order valence-electron chi connectivity index (χ1n) is 11.5. The molecule has 1 N–H and O–H groups in total. The molecule has 1 unspecified atom stereocenters. The summed E-state index contributed by atoms with van der Waals surface area (Å²) in [5, 5.41) is 10.3. The van der Waals surface area contributed by atoms with Crippen LogP contribution in [0.25, 0.3) is 0 Å². The maximum absolute atomic E-state index is 10.1. The van der Waals surface area contributed by atoms with Gasteiger partial charge in [0.2, 0.25) is 0 Å². The van der Waals surface area contributed by atoms with Crippen LogP contribution in [0.4, 0.5) is 0 Å². The first-order valence-corrected chi connectivity index (χ1v) is 17.3. The third-order valence-electron chi connectivity index (χ3n) is 7.80. The van der Waals surface area contributed by atoms with Gasteiger partial charge in [0.1, 0.15) is 0 Å². The molecule has 6 atom stereocenters. The van der Waals surface area contributed by atoms with Crippen LogP contribution in [-0.2, 0) is 18.3 Å². The van der Waals surface area contributed by atoms with Crippen molar-refractivity contribution >= 4 is 16.6 Å². The number of hydrogen-bond acceptors (Lipinski definition) is 5. The molecule has 7 heteroatoms. The second-order valence-electron chi connectivity index (χ2n) is 12.3. The van der Waals surface area contributed by atoms with Crippen molar-refractivity contribution in [3.63, 3.8) is 0 Å². The average Bonchev–Trinajstić information content (AvgIpc) is 2.58. The molecule has 0 aromatic rings. The summed E-state index contributed by atoms with van der Waals surface area (Å²) in [4.78, 5) is 0. The molecule has 1 heterocycles. The van der Waals surface area contributed by atoms with Crippen LogP contribution in [0.1, 0.15) is 61.8 Å². The van der Waals surface area contributed by atoms with Crippen LogP contribution in [-0.4, -0.2) is 60.1 Å². The topological polar surface area (TPSA) is 57.2 Å². The summed E-state index contributed by atoms with van der Waals surface area (Å²) >= 11 is 0. The lowest BCUT2D eigenvalue weighted by Crippen LogP contribution is -2.56. The van der Waals surface area contributed by atoms with Crippen molar-refractivity contribution < 1.29 is 23.4 Å². The monoisotopic (exact) mass is 462 g/mol. The van der Waals surface area contributed by atoms with E-state index >= 15 is 0 Å². The molecular formula is C23H50O5Si2. The van der Waals surface area contributed by atoms with E-state index in [4.69, 9.17) is 18.3 Å². The van der Waals surface area contributed by atoms with Crippen molar-refractivity contribution in [3.8, 4) is 0 Å². The molecule has 1 aliphatic rings. The second-order valence-corrected chi connectivity index (χ2v) is 21.8. The molecule has 5 nitrogen and oxygen atoms in total. The molecule has 0 radical (unpaired) electrons. The minimum absolute atomic E-state index is 0.0000500. The Labute approximate surface area is 188 Å². The van der Waals surface area contributed by atoms with E-state index in [1.54, 1.807) is 7.11 Å². The SMILES string of the molecule is COC1O[C@H](C[C@H](CO)O[Si](C)(C)C(C)(C)C)[C@@H](C)[C@@H](O[Si](C)(C)C(C)(C)C)[C@@H]1C. The predicted octanol–water partition coefficient (Wildman–Crippen LogP) is 5.79. The first-order chi connectivity index (χ1) is 13.4. The van der Waals surface area contributed by atoms with Crippen molar-refractivity contribution in [2.24, 2.45) is 11.8 Å². The lowest BCUT2D eigenvalue weighted by Gasteiger charge is -2.49. The Balaban J connectivity index is 3.06. The lowest BCUT2D eigenvalue weighted by atomic mass is 9.84. The Morgan fingerprint density at radius 2 is 1.40 bits per heavy atom. The Hall–Kier alpha value is 0.234. The smallest absolute Gasteiger partial charge is 0.192 e. The van der Waals surface area contributed by atoms with Crippen LogP contribution in [0, 0.1) is 11.8 Å². The number of rotatable bonds is 8. The number of hydrogen-bond donors (Lipinski definition) is 1. The van der Waals surface area contributed by atoms with Crippen LogP contribution in [0.5, 0.6) is 0 Å². The van der Waals surface area contributed by atoms with E-state index in [-0.39, 0.29) is 53.1 Å². The average molecular weight is 463 g/mol. The Morgan fingerprint density at radius 3 is 1.80 bits per heavy atom. The molecule has 1 saturated heterocycles. The van der Waals surface area contributed by atoms with Gasteiger partial charge in [0, 0.05) is 25.4 Å². The summed E-state index contributed by atoms with van der Waals surface area (Å²) in [7, 11) is -2.23. The fourth-order valence-corrected chi connectivity index (χ4v) is 6.37. The number of aliphatic hydroxyl groups excluding tert-OH is 1. The van der Waals surface area contributed by atoms with Gasteiger partial charge in [0.05, 0.1) is 24.9 Å². The number of aliphatic hydroxyl groups is 1. The van der Waals surface area contributed by atoms with Crippen molar-refractivity contribution in [2.75, 3.05) is 13.7 Å². The van der Waals surface area contributed by atoms with E-state index in [0.717, 1.165) is 0 Å². The van der Waals surface area contributed by atoms with Gasteiger partial charge in [-0.05, 0) is 36.3 Å². The van der Waals surface area contributed by atoms with E-state index in [9.17, 15) is 5.11 Å². The van der Waals surface area contributed by atoms with Gasteiger partial charge in [-0.1, -0.05) is 55.4 Å². The molecule has 0 amide bonds. The minimum atomic E-state index is -1.99. The van der Waals surface area contributed by atoms with Gasteiger partial charge in [0.25, 0.3) is 0 Å². The Morgan fingerprint density at radius 1 is 0.900 bits per heavy atom. The zero-order chi connectivity index (χ0) is 23.7. The highest BCUT2D eigenvalue weighted by Gasteiger charge is 2.48. The highest BCUT2D eigenvalue weighted by molar-refractivity contribution is 6.74. The van der Waals surface area contributed by atoms with Crippen LogP contribution in [0.2, 0.25) is 36.3 Å². The van der Waals surface area contributed by atoms with Crippen LogP contribution in [0.15, 0.2) is 0 Å². The molecule has 180 valence electrons. The van der Waals surface area contributed by atoms with Crippen LogP contribution < -0.4 is 0 Å². The fourth-order valence-electron chi connectivity index (χ4n) is 3.55. The van der Waals surface area contributed by atoms with Crippen LogP contribution >= 0.6 is 0 Å². The van der Waals surface area contributed by atoms with E-state index in [1.165, 1.54) is 0 Å². The highest BCUT2D eigenvalue weighted by Crippen LogP contribution is 2.43. The quantitative estimate of drug-likeness (QED) is 0.462. The van der Waals surface area contributed by atoms with Gasteiger partial charge in [-0.3, -0.25) is 0 Å². The van der Waals surface area contributed by atoms with Crippen LogP contribution in [0.3, 0.4) is 0 Å². The Bertz CT molecular complexity index is 539. The zero-order valence-electron chi connectivity index (χ0n) is 22.0. The largest absolute Gasteiger partial charge is 0.413 e. The van der Waals surface area contributed by atoms with E-state index < -0.39 is 16.6 Å². The maximum atomic E-state index is 10.1. The molecule has 0 aliphatic carbocycles. The molecule has 0 aromatic heterocycles. The molecule has 30 heavy (non-hydrogen) atoms. The zero-order valence-corrected chi connectivity index (χ0v) is 24.0. The lowest BCUT2D eigenvalue weighted by molar-refractivity contribution is -0.254. The summed E-state index contributed by atoms with van der Waals surface area (Å²) in [6.45, 7) is 26.9. The van der Waals surface area contributed by atoms with Crippen molar-refractivity contribution in [3.05, 3.63) is 0 Å². The van der Waals surface area contributed by atoms with Crippen molar-refractivity contribution in [1.82, 2.24) is 0 Å². The highest BCUT2D eigenvalue weighted by atomic mass is 28.4. The normalized spacial score (nSPS) is 30.4. The van der Waals surface area contributed by atoms with E-state index in [2.05, 4.69) is 81.6 Å². The summed E-state index contributed by atoms with van der Waals surface area (Å²) in [6.07, 6.45) is 0.0734. The fraction of sp³-hybridized carbons (Fsp3) is 1.00. The maximum Gasteiger partial charge on any atom is 0.192 e. The predicted molar refractivity (Wildman–Crippen MR) is 130 cm³/mol. The third-order valence-corrected chi connectivity index (χ3v) is 16.8. The van der Waals surface area contributed by atoms with Crippen molar-refractivity contribution in [1.29, 1.82) is 0 Å². The minimum Gasteiger partial charge on any atom is -0.413 e. The van der Waals surface area contributed by atoms with E-state index in [0.29, 0.717) is 6.42 Å². The van der Waals surface area contributed by atoms with Gasteiger partial charge >= 0.3 is 0 Å². The number of methoxy groups -OCH3 is 1. The van der Waals surface area contributed by atoms with E-state index in [1.807, 2.05) is 0 Å². The summed E-state index contributed by atoms with van der Waals surface area (Å²) in [6, 6.07) is 0. The standard InChI is InChI=1S/C23H50O5Si2/c1-16-19(14-18(15-24)27-29(10,11)22(3,4)5)26-21(25-9)17(2)20(16)28-30(12,13)23(6,7)8/h16-21,24H,14-15H2,1-13H3/t16-,17+,18-,19-,20-,21?/m1/s1. The van der Waals surface area contributed by atoms with Gasteiger partial charge in [-0.2, -0.15) is 0 Å². The molecule has 0 saturated carbocycles. The first kappa shape index (κ1) is 28.3. The summed E-state index contributed by atoms with van der Waals surface area (Å²) < 4.78 is 25.5.